The lowest BCUT2D eigenvalue weighted by atomic mass is 9.94. The van der Waals surface area contributed by atoms with Gasteiger partial charge in [0.2, 0.25) is 5.91 Å². The normalized spacial score (nSPS) is 22.6. The third-order valence-corrected chi connectivity index (χ3v) is 2.87. The van der Waals surface area contributed by atoms with E-state index >= 15 is 0 Å². The smallest absolute Gasteiger partial charge is 0.326 e. The fourth-order valence-corrected chi connectivity index (χ4v) is 1.89. The lowest BCUT2D eigenvalue weighted by Gasteiger charge is -2.05. The summed E-state index contributed by atoms with van der Waals surface area (Å²) >= 11 is 0. The topological polar surface area (TPSA) is 104 Å². The minimum Gasteiger partial charge on any atom is -0.508 e. The number of aromatic hydroxyl groups is 1. The standard InChI is InChI=1S/C12H11NO5/c14-7-3-1-6(2-4-7)10(15)8-5-9(12(17)18)13-11(8)16/h1-4,8-9,14H,5H2,(H,13,16)(H,17,18)/t8?,9-/m0/s1. The Balaban J connectivity index is 2.17. The van der Waals surface area contributed by atoms with Gasteiger partial charge < -0.3 is 15.5 Å². The first-order valence-corrected chi connectivity index (χ1v) is 5.35. The van der Waals surface area contributed by atoms with Gasteiger partial charge in [-0.15, -0.1) is 0 Å². The largest absolute Gasteiger partial charge is 0.508 e. The Hall–Kier alpha value is -2.37. The van der Waals surface area contributed by atoms with E-state index in [4.69, 9.17) is 10.2 Å². The van der Waals surface area contributed by atoms with E-state index in [0.29, 0.717) is 0 Å². The number of carboxylic acid groups (broad SMARTS) is 1. The summed E-state index contributed by atoms with van der Waals surface area (Å²) in [4.78, 5) is 34.3. The van der Waals surface area contributed by atoms with Gasteiger partial charge in [-0.05, 0) is 30.7 Å². The van der Waals surface area contributed by atoms with Crippen molar-refractivity contribution in [1.29, 1.82) is 0 Å². The number of Topliss-reactive ketones (excluding diaryl/α,β-unsaturated/α-hetero) is 1. The molecule has 1 aromatic carbocycles. The number of amides is 1. The number of hydrogen-bond acceptors (Lipinski definition) is 4. The fourth-order valence-electron chi connectivity index (χ4n) is 1.89. The molecule has 0 bridgehead atoms. The number of aliphatic carboxylic acids is 1. The first kappa shape index (κ1) is 12.1. The van der Waals surface area contributed by atoms with Gasteiger partial charge in [0.25, 0.3) is 0 Å². The third-order valence-electron chi connectivity index (χ3n) is 2.87. The minimum absolute atomic E-state index is 0.0193. The van der Waals surface area contributed by atoms with Crippen molar-refractivity contribution in [3.63, 3.8) is 0 Å². The van der Waals surface area contributed by atoms with Gasteiger partial charge in [-0.3, -0.25) is 9.59 Å². The lowest BCUT2D eigenvalue weighted by Crippen LogP contribution is -2.33. The Labute approximate surface area is 102 Å². The van der Waals surface area contributed by atoms with Crippen LogP contribution in [-0.4, -0.2) is 33.9 Å². The van der Waals surface area contributed by atoms with Crippen molar-refractivity contribution >= 4 is 17.7 Å². The summed E-state index contributed by atoms with van der Waals surface area (Å²) in [5.74, 6) is -3.11. The number of benzene rings is 1. The number of hydrogen-bond donors (Lipinski definition) is 3. The van der Waals surface area contributed by atoms with Crippen LogP contribution >= 0.6 is 0 Å². The number of phenols is 1. The zero-order valence-electron chi connectivity index (χ0n) is 9.29. The van der Waals surface area contributed by atoms with Crippen molar-refractivity contribution in [3.05, 3.63) is 29.8 Å². The van der Waals surface area contributed by atoms with Crippen LogP contribution in [0.3, 0.4) is 0 Å². The summed E-state index contributed by atoms with van der Waals surface area (Å²) in [6.07, 6.45) is -0.0477. The molecule has 0 saturated carbocycles. The highest BCUT2D eigenvalue weighted by Crippen LogP contribution is 2.21. The molecule has 2 rings (SSSR count). The highest BCUT2D eigenvalue weighted by Gasteiger charge is 2.40. The highest BCUT2D eigenvalue weighted by atomic mass is 16.4. The van der Waals surface area contributed by atoms with E-state index in [1.54, 1.807) is 0 Å². The molecule has 2 atom stereocenters. The van der Waals surface area contributed by atoms with Crippen molar-refractivity contribution in [2.24, 2.45) is 5.92 Å². The molecule has 1 heterocycles. The van der Waals surface area contributed by atoms with Crippen LogP contribution in [0.15, 0.2) is 24.3 Å². The fraction of sp³-hybridized carbons (Fsp3) is 0.250. The quantitative estimate of drug-likeness (QED) is 0.523. The Morgan fingerprint density at radius 1 is 1.22 bits per heavy atom. The molecular formula is C12H11NO5. The molecule has 94 valence electrons. The van der Waals surface area contributed by atoms with Crippen LogP contribution in [-0.2, 0) is 9.59 Å². The Morgan fingerprint density at radius 3 is 2.33 bits per heavy atom. The molecule has 6 nitrogen and oxygen atoms in total. The van der Waals surface area contributed by atoms with Gasteiger partial charge in [0, 0.05) is 5.56 Å². The number of phenolic OH excluding ortho intramolecular Hbond substituents is 1. The van der Waals surface area contributed by atoms with Gasteiger partial charge >= 0.3 is 5.97 Å². The molecule has 0 spiro atoms. The van der Waals surface area contributed by atoms with Gasteiger partial charge in [-0.1, -0.05) is 0 Å². The highest BCUT2D eigenvalue weighted by molar-refractivity contribution is 6.12. The predicted octanol–water partition coefficient (Wildman–Crippen LogP) is 0.164. The molecule has 1 aliphatic heterocycles. The molecule has 1 aliphatic rings. The van der Waals surface area contributed by atoms with Gasteiger partial charge in [0.1, 0.15) is 17.7 Å². The maximum atomic E-state index is 12.0. The monoisotopic (exact) mass is 249 g/mol. The van der Waals surface area contributed by atoms with Crippen molar-refractivity contribution in [3.8, 4) is 5.75 Å². The van der Waals surface area contributed by atoms with Crippen molar-refractivity contribution in [1.82, 2.24) is 5.32 Å². The summed E-state index contributed by atoms with van der Waals surface area (Å²) in [6.45, 7) is 0. The lowest BCUT2D eigenvalue weighted by molar-refractivity contribution is -0.140. The van der Waals surface area contributed by atoms with E-state index < -0.39 is 29.6 Å². The molecule has 1 aromatic rings. The molecule has 1 fully saturated rings. The molecule has 3 N–H and O–H groups in total. The Morgan fingerprint density at radius 2 is 1.83 bits per heavy atom. The van der Waals surface area contributed by atoms with Crippen LogP contribution < -0.4 is 5.32 Å². The van der Waals surface area contributed by atoms with Gasteiger partial charge in [0.15, 0.2) is 5.78 Å². The average Bonchev–Trinajstić information content (AvgIpc) is 2.71. The van der Waals surface area contributed by atoms with Gasteiger partial charge in [-0.2, -0.15) is 0 Å². The predicted molar refractivity (Wildman–Crippen MR) is 60.1 cm³/mol. The molecule has 18 heavy (non-hydrogen) atoms. The van der Waals surface area contributed by atoms with E-state index in [0.717, 1.165) is 0 Å². The zero-order chi connectivity index (χ0) is 13.3. The second-order valence-corrected chi connectivity index (χ2v) is 4.10. The maximum absolute atomic E-state index is 12.0. The van der Waals surface area contributed by atoms with Crippen molar-refractivity contribution in [2.45, 2.75) is 12.5 Å². The van der Waals surface area contributed by atoms with Crippen LogP contribution in [0.4, 0.5) is 0 Å². The second kappa shape index (κ2) is 4.48. The second-order valence-electron chi connectivity index (χ2n) is 4.10. The summed E-state index contributed by atoms with van der Waals surface area (Å²) in [5, 5.41) is 20.1. The van der Waals surface area contributed by atoms with Crippen LogP contribution in [0.25, 0.3) is 0 Å². The molecule has 0 radical (unpaired) electrons. The molecule has 1 saturated heterocycles. The molecule has 1 unspecified atom stereocenters. The van der Waals surface area contributed by atoms with E-state index in [1.165, 1.54) is 24.3 Å². The summed E-state index contributed by atoms with van der Waals surface area (Å²) in [5.41, 5.74) is 0.277. The van der Waals surface area contributed by atoms with E-state index in [-0.39, 0.29) is 17.7 Å². The van der Waals surface area contributed by atoms with E-state index in [2.05, 4.69) is 5.32 Å². The van der Waals surface area contributed by atoms with Crippen LogP contribution in [0.2, 0.25) is 0 Å². The maximum Gasteiger partial charge on any atom is 0.326 e. The third kappa shape index (κ3) is 2.17. The van der Waals surface area contributed by atoms with Gasteiger partial charge in [-0.25, -0.2) is 4.79 Å². The number of carboxylic acids is 1. The van der Waals surface area contributed by atoms with E-state index in [1.807, 2.05) is 0 Å². The number of carbonyl (C=O) groups is 3. The number of ketones is 1. The first-order chi connectivity index (χ1) is 8.49. The zero-order valence-corrected chi connectivity index (χ0v) is 9.29. The summed E-state index contributed by atoms with van der Waals surface area (Å²) < 4.78 is 0. The van der Waals surface area contributed by atoms with E-state index in [9.17, 15) is 14.4 Å². The number of rotatable bonds is 3. The van der Waals surface area contributed by atoms with Crippen molar-refractivity contribution in [2.75, 3.05) is 0 Å². The molecule has 1 amide bonds. The SMILES string of the molecule is O=C1N[C@H](C(=O)O)CC1C(=O)c1ccc(O)cc1. The minimum atomic E-state index is -1.15. The number of nitrogens with one attached hydrogen (secondary N) is 1. The average molecular weight is 249 g/mol. The number of carbonyl (C=O) groups excluding carboxylic acids is 2. The van der Waals surface area contributed by atoms with Crippen LogP contribution in [0.5, 0.6) is 5.75 Å². The Bertz CT molecular complexity index is 508. The van der Waals surface area contributed by atoms with Crippen molar-refractivity contribution < 1.29 is 24.6 Å². The molecular weight excluding hydrogens is 238 g/mol. The summed E-state index contributed by atoms with van der Waals surface area (Å²) in [6, 6.07) is 4.48. The molecule has 0 aromatic heterocycles. The van der Waals surface area contributed by atoms with Crippen LogP contribution in [0, 0.1) is 5.92 Å². The molecule has 0 aliphatic carbocycles. The van der Waals surface area contributed by atoms with Gasteiger partial charge in [0.05, 0.1) is 0 Å². The Kier molecular flexibility index (Phi) is 3.01. The van der Waals surface area contributed by atoms with Crippen LogP contribution in [0.1, 0.15) is 16.8 Å². The first-order valence-electron chi connectivity index (χ1n) is 5.35. The summed E-state index contributed by atoms with van der Waals surface area (Å²) in [7, 11) is 0. The molecule has 6 heteroatoms.